The number of hydrogen-bond donors (Lipinski definition) is 2. The summed E-state index contributed by atoms with van der Waals surface area (Å²) in [6.45, 7) is 0.934. The Bertz CT molecular complexity index is 993. The van der Waals surface area contributed by atoms with Gasteiger partial charge >= 0.3 is 6.01 Å². The average Bonchev–Trinajstić information content (AvgIpc) is 2.98. The Kier molecular flexibility index (Phi) is 6.45. The summed E-state index contributed by atoms with van der Waals surface area (Å²) >= 11 is 0. The third-order valence-corrected chi connectivity index (χ3v) is 5.16. The molecule has 0 fully saturated rings. The van der Waals surface area contributed by atoms with Gasteiger partial charge in [0, 0.05) is 20.4 Å². The lowest BCUT2D eigenvalue weighted by Crippen LogP contribution is -2.09. The normalized spacial score (nSPS) is 12.4. The molecule has 0 aliphatic heterocycles. The second-order valence-corrected chi connectivity index (χ2v) is 7.48. The molecule has 3 aromatic rings. The Hall–Kier alpha value is -2.68. The van der Waals surface area contributed by atoms with Crippen molar-refractivity contribution in [2.24, 2.45) is 0 Å². The van der Waals surface area contributed by atoms with Gasteiger partial charge in [-0.1, -0.05) is 24.3 Å². The molecule has 3 rings (SSSR count). The zero-order valence-electron chi connectivity index (χ0n) is 15.6. The van der Waals surface area contributed by atoms with Gasteiger partial charge in [-0.05, 0) is 11.1 Å². The molecular formula is C17H22N5O5P. The maximum Gasteiger partial charge on any atom is 0.320 e. The Morgan fingerprint density at radius 2 is 1.96 bits per heavy atom. The fraction of sp³-hybridized carbons (Fsp3) is 0.353. The molecule has 150 valence electrons. The lowest BCUT2D eigenvalue weighted by atomic mass is 10.1. The number of anilines is 1. The molecule has 0 amide bonds. The average molecular weight is 407 g/mol. The number of ether oxygens (including phenoxy) is 2. The van der Waals surface area contributed by atoms with Crippen LogP contribution in [0, 0.1) is 0 Å². The van der Waals surface area contributed by atoms with Crippen LogP contribution < -0.4 is 10.5 Å². The summed E-state index contributed by atoms with van der Waals surface area (Å²) in [4.78, 5) is 12.4. The molecule has 0 saturated carbocycles. The summed E-state index contributed by atoms with van der Waals surface area (Å²) in [5.41, 5.74) is 8.33. The number of hydrogen-bond acceptors (Lipinski definition) is 9. The van der Waals surface area contributed by atoms with Crippen molar-refractivity contribution in [3.8, 4) is 12.0 Å². The van der Waals surface area contributed by atoms with Gasteiger partial charge in [0.1, 0.15) is 6.61 Å². The van der Waals surface area contributed by atoms with Crippen molar-refractivity contribution < 1.29 is 23.7 Å². The number of benzene rings is 1. The van der Waals surface area contributed by atoms with Crippen molar-refractivity contribution in [2.45, 2.75) is 12.7 Å². The van der Waals surface area contributed by atoms with E-state index < -0.39 is 8.03 Å². The van der Waals surface area contributed by atoms with E-state index in [2.05, 4.69) is 15.0 Å². The SMILES string of the molecule is COCCOc1nc(N)c2nc(O)n(Cc3cccc(C[PH](=O)OC)c3)c2n1. The van der Waals surface area contributed by atoms with Gasteiger partial charge in [0.15, 0.2) is 25.0 Å². The van der Waals surface area contributed by atoms with Crippen LogP contribution in [0.5, 0.6) is 12.0 Å². The maximum atomic E-state index is 11.7. The molecule has 11 heteroatoms. The summed E-state index contributed by atoms with van der Waals surface area (Å²) in [7, 11) is 0.884. The monoisotopic (exact) mass is 407 g/mol. The van der Waals surface area contributed by atoms with E-state index >= 15 is 0 Å². The molecule has 2 heterocycles. The Balaban J connectivity index is 1.91. The quantitative estimate of drug-likeness (QED) is 0.402. The number of imidazole rings is 1. The Labute approximate surface area is 162 Å². The number of aromatic hydroxyl groups is 1. The molecule has 2 aromatic heterocycles. The van der Waals surface area contributed by atoms with Gasteiger partial charge in [0.2, 0.25) is 0 Å². The van der Waals surface area contributed by atoms with Crippen molar-refractivity contribution >= 4 is 25.0 Å². The van der Waals surface area contributed by atoms with Crippen molar-refractivity contribution in [1.82, 2.24) is 19.5 Å². The van der Waals surface area contributed by atoms with E-state index in [1.54, 1.807) is 7.11 Å². The van der Waals surface area contributed by atoms with Gasteiger partial charge in [-0.15, -0.1) is 0 Å². The van der Waals surface area contributed by atoms with Crippen LogP contribution in [-0.2, 0) is 26.5 Å². The second kappa shape index (κ2) is 9.01. The van der Waals surface area contributed by atoms with E-state index in [-0.39, 0.29) is 36.5 Å². The van der Waals surface area contributed by atoms with E-state index in [0.717, 1.165) is 11.1 Å². The zero-order chi connectivity index (χ0) is 20.1. The van der Waals surface area contributed by atoms with Gasteiger partial charge < -0.3 is 24.8 Å². The number of nitrogens with two attached hydrogens (primary N) is 1. The summed E-state index contributed by atoms with van der Waals surface area (Å²) in [6.07, 6.45) is 0.346. The first-order chi connectivity index (χ1) is 13.5. The largest absolute Gasteiger partial charge is 0.480 e. The van der Waals surface area contributed by atoms with E-state index in [0.29, 0.717) is 18.4 Å². The van der Waals surface area contributed by atoms with Crippen molar-refractivity contribution in [3.05, 3.63) is 35.4 Å². The molecule has 28 heavy (non-hydrogen) atoms. The van der Waals surface area contributed by atoms with Crippen LogP contribution in [0.3, 0.4) is 0 Å². The molecule has 0 aliphatic carbocycles. The molecule has 3 N–H and O–H groups in total. The summed E-state index contributed by atoms with van der Waals surface area (Å²) < 4.78 is 28.4. The number of aromatic nitrogens is 4. The molecular weight excluding hydrogens is 385 g/mol. The van der Waals surface area contributed by atoms with E-state index in [9.17, 15) is 9.67 Å². The summed E-state index contributed by atoms with van der Waals surface area (Å²) in [5.74, 6) is 0.110. The van der Waals surface area contributed by atoms with Crippen LogP contribution in [0.4, 0.5) is 5.82 Å². The second-order valence-electron chi connectivity index (χ2n) is 5.98. The highest BCUT2D eigenvalue weighted by atomic mass is 31.1. The maximum absolute atomic E-state index is 11.7. The molecule has 1 atom stereocenters. The molecule has 0 aliphatic rings. The Morgan fingerprint density at radius 3 is 2.71 bits per heavy atom. The highest BCUT2D eigenvalue weighted by Crippen LogP contribution is 2.28. The Morgan fingerprint density at radius 1 is 1.18 bits per heavy atom. The smallest absolute Gasteiger partial charge is 0.320 e. The van der Waals surface area contributed by atoms with Gasteiger partial charge in [0.25, 0.3) is 6.01 Å². The lowest BCUT2D eigenvalue weighted by Gasteiger charge is -2.09. The van der Waals surface area contributed by atoms with Gasteiger partial charge in [0.05, 0.1) is 13.2 Å². The number of rotatable bonds is 9. The first-order valence-electron chi connectivity index (χ1n) is 8.51. The van der Waals surface area contributed by atoms with Gasteiger partial charge in [-0.2, -0.15) is 15.0 Å². The highest BCUT2D eigenvalue weighted by Gasteiger charge is 2.17. The standard InChI is InChI=1S/C17H22N5O5P/c1-25-6-7-27-16-20-14(18)13-15(21-16)22(17(23)19-13)9-11-4-3-5-12(8-11)10-28(24)26-2/h3-5,8,28H,6-7,9-10H2,1-2H3,(H,19,23)(H2,18,20,21). The van der Waals surface area contributed by atoms with Gasteiger partial charge in [-0.3, -0.25) is 9.13 Å². The lowest BCUT2D eigenvalue weighted by molar-refractivity contribution is 0.141. The van der Waals surface area contributed by atoms with Crippen molar-refractivity contribution in [2.75, 3.05) is 33.2 Å². The third-order valence-electron chi connectivity index (χ3n) is 4.01. The first-order valence-corrected chi connectivity index (χ1v) is 10.0. The van der Waals surface area contributed by atoms with E-state index in [1.807, 2.05) is 24.3 Å². The van der Waals surface area contributed by atoms with Crippen LogP contribution in [0.1, 0.15) is 11.1 Å². The zero-order valence-corrected chi connectivity index (χ0v) is 16.6. The van der Waals surface area contributed by atoms with Crippen LogP contribution in [0.15, 0.2) is 24.3 Å². The topological polar surface area (TPSA) is 135 Å². The number of methoxy groups -OCH3 is 1. The molecule has 1 unspecified atom stereocenters. The summed E-state index contributed by atoms with van der Waals surface area (Å²) in [6, 6.07) is 7.36. The summed E-state index contributed by atoms with van der Waals surface area (Å²) in [5, 5.41) is 10.3. The molecule has 0 bridgehead atoms. The predicted octanol–water partition coefficient (Wildman–Crippen LogP) is 1.81. The van der Waals surface area contributed by atoms with Crippen LogP contribution >= 0.6 is 8.03 Å². The molecule has 10 nitrogen and oxygen atoms in total. The predicted molar refractivity (Wildman–Crippen MR) is 104 cm³/mol. The minimum Gasteiger partial charge on any atom is -0.480 e. The van der Waals surface area contributed by atoms with Crippen LogP contribution in [0.25, 0.3) is 11.2 Å². The van der Waals surface area contributed by atoms with E-state index in [1.165, 1.54) is 11.7 Å². The molecule has 0 spiro atoms. The highest BCUT2D eigenvalue weighted by molar-refractivity contribution is 7.38. The minimum atomic E-state index is -2.11. The van der Waals surface area contributed by atoms with Crippen molar-refractivity contribution in [1.29, 1.82) is 0 Å². The minimum absolute atomic E-state index is 0.0793. The molecule has 0 radical (unpaired) electrons. The van der Waals surface area contributed by atoms with Crippen LogP contribution in [0.2, 0.25) is 0 Å². The fourth-order valence-corrected chi connectivity index (χ4v) is 3.37. The van der Waals surface area contributed by atoms with Gasteiger partial charge in [-0.25, -0.2) is 0 Å². The first kappa shape index (κ1) is 20.1. The fourth-order valence-electron chi connectivity index (χ4n) is 2.68. The van der Waals surface area contributed by atoms with Crippen molar-refractivity contribution in [3.63, 3.8) is 0 Å². The van der Waals surface area contributed by atoms with E-state index in [4.69, 9.17) is 19.7 Å². The third kappa shape index (κ3) is 4.59. The number of nitrogen functional groups attached to an aromatic ring is 1. The molecule has 0 saturated heterocycles. The number of fused-ring (bicyclic) bond motifs is 1. The molecule has 1 aromatic carbocycles. The number of nitrogens with zero attached hydrogens (tertiary/aromatic N) is 4. The van der Waals surface area contributed by atoms with Crippen LogP contribution in [-0.4, -0.2) is 52.1 Å².